The zero-order valence-corrected chi connectivity index (χ0v) is 11.1. The van der Waals surface area contributed by atoms with Gasteiger partial charge in [-0.2, -0.15) is 0 Å². The van der Waals surface area contributed by atoms with Gasteiger partial charge in [-0.3, -0.25) is 9.59 Å². The molecule has 2 N–H and O–H groups in total. The predicted molar refractivity (Wildman–Crippen MR) is 69.1 cm³/mol. The number of hydrogen-bond acceptors (Lipinski definition) is 3. The Bertz CT molecular complexity index is 315. The Morgan fingerprint density at radius 3 is 2.72 bits per heavy atom. The fourth-order valence-corrected chi connectivity index (χ4v) is 2.42. The second kappa shape index (κ2) is 6.18. The zero-order valence-electron chi connectivity index (χ0n) is 11.1. The van der Waals surface area contributed by atoms with Crippen LogP contribution in [0.3, 0.4) is 0 Å². The number of nitrogens with one attached hydrogen (secondary N) is 2. The molecule has 0 radical (unpaired) electrons. The summed E-state index contributed by atoms with van der Waals surface area (Å²) in [6.45, 7) is 1.58. The Morgan fingerprint density at radius 1 is 1.28 bits per heavy atom. The molecule has 1 unspecified atom stereocenters. The monoisotopic (exact) mass is 253 g/mol. The highest BCUT2D eigenvalue weighted by Gasteiger charge is 2.35. The number of nitrogens with zero attached hydrogens (tertiary/aromatic N) is 1. The van der Waals surface area contributed by atoms with E-state index in [4.69, 9.17) is 0 Å². The number of amides is 2. The van der Waals surface area contributed by atoms with E-state index < -0.39 is 0 Å². The summed E-state index contributed by atoms with van der Waals surface area (Å²) in [5.74, 6) is 0.177. The highest BCUT2D eigenvalue weighted by molar-refractivity contribution is 5.88. The highest BCUT2D eigenvalue weighted by atomic mass is 16.2. The molecule has 0 bridgehead atoms. The third-order valence-corrected chi connectivity index (χ3v) is 3.62. The predicted octanol–water partition coefficient (Wildman–Crippen LogP) is 0.256. The molecule has 18 heavy (non-hydrogen) atoms. The zero-order chi connectivity index (χ0) is 13.0. The van der Waals surface area contributed by atoms with Crippen LogP contribution in [0.4, 0.5) is 0 Å². The van der Waals surface area contributed by atoms with Crippen LogP contribution in [0.2, 0.25) is 0 Å². The quantitative estimate of drug-likeness (QED) is 0.667. The van der Waals surface area contributed by atoms with Gasteiger partial charge in [0.15, 0.2) is 0 Å². The van der Waals surface area contributed by atoms with Gasteiger partial charge in [0.05, 0.1) is 0 Å². The van der Waals surface area contributed by atoms with Crippen molar-refractivity contribution in [2.75, 3.05) is 20.1 Å². The summed E-state index contributed by atoms with van der Waals surface area (Å²) >= 11 is 0. The maximum absolute atomic E-state index is 12.1. The van der Waals surface area contributed by atoms with Gasteiger partial charge in [-0.15, -0.1) is 0 Å². The van der Waals surface area contributed by atoms with Gasteiger partial charge >= 0.3 is 0 Å². The molecule has 0 aromatic heterocycles. The molecular formula is C13H23N3O2. The van der Waals surface area contributed by atoms with E-state index >= 15 is 0 Å². The van der Waals surface area contributed by atoms with Crippen molar-refractivity contribution in [2.24, 2.45) is 0 Å². The Kier molecular flexibility index (Phi) is 4.58. The molecule has 1 saturated heterocycles. The first-order chi connectivity index (χ1) is 8.72. The second-order valence-electron chi connectivity index (χ2n) is 5.24. The van der Waals surface area contributed by atoms with E-state index in [0.717, 1.165) is 45.2 Å². The van der Waals surface area contributed by atoms with Crippen molar-refractivity contribution < 1.29 is 9.59 Å². The van der Waals surface area contributed by atoms with Gasteiger partial charge < -0.3 is 15.5 Å². The number of carbonyl (C=O) groups excluding carboxylic acids is 2. The second-order valence-corrected chi connectivity index (χ2v) is 5.24. The van der Waals surface area contributed by atoms with Crippen molar-refractivity contribution in [3.8, 4) is 0 Å². The minimum Gasteiger partial charge on any atom is -0.352 e. The Hall–Kier alpha value is -1.10. The lowest BCUT2D eigenvalue weighted by atomic mass is 10.2. The van der Waals surface area contributed by atoms with E-state index in [-0.39, 0.29) is 17.9 Å². The van der Waals surface area contributed by atoms with Crippen LogP contribution in [-0.2, 0) is 9.59 Å². The molecule has 1 aliphatic heterocycles. The van der Waals surface area contributed by atoms with Crippen molar-refractivity contribution in [3.63, 3.8) is 0 Å². The van der Waals surface area contributed by atoms with Crippen LogP contribution in [0.15, 0.2) is 0 Å². The fourth-order valence-electron chi connectivity index (χ4n) is 2.42. The number of hydrogen-bond donors (Lipinski definition) is 2. The average Bonchev–Trinajstić information content (AvgIpc) is 3.02. The molecule has 5 nitrogen and oxygen atoms in total. The topological polar surface area (TPSA) is 61.4 Å². The first-order valence-electron chi connectivity index (χ1n) is 6.97. The Morgan fingerprint density at radius 2 is 2.06 bits per heavy atom. The average molecular weight is 253 g/mol. The van der Waals surface area contributed by atoms with E-state index in [1.165, 1.54) is 0 Å². The molecule has 5 heteroatoms. The minimum atomic E-state index is -0.215. The normalized spacial score (nSPS) is 23.2. The van der Waals surface area contributed by atoms with Crippen LogP contribution in [0.5, 0.6) is 0 Å². The third kappa shape index (κ3) is 3.45. The minimum absolute atomic E-state index is 0.0527. The molecular weight excluding hydrogens is 230 g/mol. The number of rotatable bonds is 6. The fraction of sp³-hybridized carbons (Fsp3) is 0.846. The largest absolute Gasteiger partial charge is 0.352 e. The van der Waals surface area contributed by atoms with Gasteiger partial charge in [0.25, 0.3) is 0 Å². The maximum Gasteiger partial charge on any atom is 0.243 e. The van der Waals surface area contributed by atoms with Crippen LogP contribution < -0.4 is 10.6 Å². The Balaban J connectivity index is 1.81. The summed E-state index contributed by atoms with van der Waals surface area (Å²) < 4.78 is 0. The lowest BCUT2D eigenvalue weighted by Gasteiger charge is -2.24. The molecule has 0 aromatic carbocycles. The van der Waals surface area contributed by atoms with Gasteiger partial charge in [0, 0.05) is 19.0 Å². The van der Waals surface area contributed by atoms with E-state index in [1.54, 1.807) is 4.90 Å². The lowest BCUT2D eigenvalue weighted by molar-refractivity contribution is -0.138. The van der Waals surface area contributed by atoms with Crippen LogP contribution in [0.1, 0.15) is 38.5 Å². The Labute approximate surface area is 108 Å². The molecule has 102 valence electrons. The maximum atomic E-state index is 12.1. The van der Waals surface area contributed by atoms with E-state index in [1.807, 2.05) is 7.05 Å². The summed E-state index contributed by atoms with van der Waals surface area (Å²) in [4.78, 5) is 25.8. The van der Waals surface area contributed by atoms with E-state index in [0.29, 0.717) is 12.5 Å². The molecule has 1 saturated carbocycles. The molecule has 1 atom stereocenters. The lowest BCUT2D eigenvalue weighted by Crippen LogP contribution is -2.46. The van der Waals surface area contributed by atoms with Gasteiger partial charge in [-0.1, -0.05) is 0 Å². The smallest absolute Gasteiger partial charge is 0.243 e. The molecule has 1 aliphatic carbocycles. The molecule has 0 aromatic rings. The van der Waals surface area contributed by atoms with Crippen molar-refractivity contribution >= 4 is 11.8 Å². The molecule has 2 aliphatic rings. The highest BCUT2D eigenvalue weighted by Crippen LogP contribution is 2.22. The van der Waals surface area contributed by atoms with Crippen LogP contribution in [-0.4, -0.2) is 48.9 Å². The summed E-state index contributed by atoms with van der Waals surface area (Å²) in [5.41, 5.74) is 0. The van der Waals surface area contributed by atoms with Gasteiger partial charge in [0.1, 0.15) is 6.04 Å². The molecule has 2 fully saturated rings. The molecule has 1 heterocycles. The number of carbonyl (C=O) groups is 2. The SMILES string of the molecule is CNCCCC(=O)N1CCCC1C(=O)NC1CC1. The number of likely N-dealkylation sites (tertiary alicyclic amines) is 1. The van der Waals surface area contributed by atoms with Crippen molar-refractivity contribution in [3.05, 3.63) is 0 Å². The summed E-state index contributed by atoms with van der Waals surface area (Å²) in [5, 5.41) is 6.03. The molecule has 0 spiro atoms. The molecule has 2 amide bonds. The van der Waals surface area contributed by atoms with Gasteiger partial charge in [0.2, 0.25) is 11.8 Å². The first-order valence-corrected chi connectivity index (χ1v) is 6.97. The summed E-state index contributed by atoms with van der Waals surface area (Å²) in [6.07, 6.45) is 5.32. The van der Waals surface area contributed by atoms with Crippen molar-refractivity contribution in [1.82, 2.24) is 15.5 Å². The van der Waals surface area contributed by atoms with Crippen molar-refractivity contribution in [2.45, 2.75) is 50.6 Å². The third-order valence-electron chi connectivity index (χ3n) is 3.62. The van der Waals surface area contributed by atoms with Gasteiger partial charge in [-0.25, -0.2) is 0 Å². The summed E-state index contributed by atoms with van der Waals surface area (Å²) in [6, 6.07) is 0.159. The molecule has 2 rings (SSSR count). The van der Waals surface area contributed by atoms with E-state index in [9.17, 15) is 9.59 Å². The van der Waals surface area contributed by atoms with Crippen LogP contribution in [0.25, 0.3) is 0 Å². The van der Waals surface area contributed by atoms with Crippen molar-refractivity contribution in [1.29, 1.82) is 0 Å². The standard InChI is InChI=1S/C13H23N3O2/c1-14-8-2-5-12(17)16-9-3-4-11(16)13(18)15-10-6-7-10/h10-11,14H,2-9H2,1H3,(H,15,18). The van der Waals surface area contributed by atoms with Crippen LogP contribution >= 0.6 is 0 Å². The first kappa shape index (κ1) is 13.3. The van der Waals surface area contributed by atoms with Crippen LogP contribution in [0, 0.1) is 0 Å². The van der Waals surface area contributed by atoms with Gasteiger partial charge in [-0.05, 0) is 45.7 Å². The van der Waals surface area contributed by atoms with E-state index in [2.05, 4.69) is 10.6 Å². The summed E-state index contributed by atoms with van der Waals surface area (Å²) in [7, 11) is 1.88.